The highest BCUT2D eigenvalue weighted by molar-refractivity contribution is 7.93. The van der Waals surface area contributed by atoms with Crippen molar-refractivity contribution in [1.82, 2.24) is 9.62 Å². The van der Waals surface area contributed by atoms with Crippen LogP contribution in [-0.4, -0.2) is 56.6 Å². The molecule has 2 heterocycles. The third kappa shape index (κ3) is 2.87. The summed E-state index contributed by atoms with van der Waals surface area (Å²) < 4.78 is 51.6. The zero-order valence-corrected chi connectivity index (χ0v) is 14.5. The van der Waals surface area contributed by atoms with Crippen molar-refractivity contribution in [3.05, 3.63) is 0 Å². The van der Waals surface area contributed by atoms with Gasteiger partial charge in [0.1, 0.15) is 4.87 Å². The van der Waals surface area contributed by atoms with E-state index in [9.17, 15) is 16.8 Å². The Bertz CT molecular complexity index is 565. The predicted octanol–water partition coefficient (Wildman–Crippen LogP) is 0.705. The Morgan fingerprint density at radius 3 is 2.33 bits per heavy atom. The molecule has 0 saturated carbocycles. The molecule has 0 aliphatic carbocycles. The summed E-state index contributed by atoms with van der Waals surface area (Å²) in [6.07, 6.45) is 3.58. The highest BCUT2D eigenvalue weighted by atomic mass is 32.2. The molecule has 2 rings (SSSR count). The standard InChI is InChI=1S/C13H26N2O4S2/c1-3-20(16,17)13(9-7-10-14-13)12-8-5-6-11-15(12)21(18,19)4-2/h12,14H,3-11H2,1-2H3. The molecule has 0 bridgehead atoms. The molecule has 21 heavy (non-hydrogen) atoms. The summed E-state index contributed by atoms with van der Waals surface area (Å²) in [5, 5.41) is 3.16. The smallest absolute Gasteiger partial charge is 0.214 e. The molecule has 2 aliphatic rings. The number of sulfone groups is 1. The van der Waals surface area contributed by atoms with E-state index in [1.54, 1.807) is 13.8 Å². The topological polar surface area (TPSA) is 83.6 Å². The second-order valence-electron chi connectivity index (χ2n) is 5.85. The van der Waals surface area contributed by atoms with Gasteiger partial charge < -0.3 is 0 Å². The average Bonchev–Trinajstić information content (AvgIpc) is 2.98. The molecule has 2 fully saturated rings. The molecular formula is C13H26N2O4S2. The molecule has 0 aromatic rings. The number of rotatable bonds is 5. The lowest BCUT2D eigenvalue weighted by Crippen LogP contribution is -2.65. The van der Waals surface area contributed by atoms with Gasteiger partial charge in [0.2, 0.25) is 10.0 Å². The van der Waals surface area contributed by atoms with Crippen molar-refractivity contribution in [2.24, 2.45) is 0 Å². The minimum atomic E-state index is -3.39. The van der Waals surface area contributed by atoms with Crippen molar-refractivity contribution in [1.29, 1.82) is 0 Å². The second-order valence-corrected chi connectivity index (χ2v) is 10.6. The fraction of sp³-hybridized carbons (Fsp3) is 1.00. The monoisotopic (exact) mass is 338 g/mol. The zero-order chi connectivity index (χ0) is 15.7. The SMILES string of the molecule is CCS(=O)(=O)N1CCCCC1C1(S(=O)(=O)CC)CCCN1. The van der Waals surface area contributed by atoms with Crippen molar-refractivity contribution >= 4 is 19.9 Å². The average molecular weight is 338 g/mol. The third-order valence-corrected chi connectivity index (χ3v) is 9.17. The summed E-state index contributed by atoms with van der Waals surface area (Å²) in [5.74, 6) is 0.0578. The van der Waals surface area contributed by atoms with Crippen LogP contribution in [0.15, 0.2) is 0 Å². The molecular weight excluding hydrogens is 312 g/mol. The number of hydrogen-bond donors (Lipinski definition) is 1. The highest BCUT2D eigenvalue weighted by Crippen LogP contribution is 2.38. The van der Waals surface area contributed by atoms with Gasteiger partial charge in [-0.3, -0.25) is 5.32 Å². The van der Waals surface area contributed by atoms with E-state index >= 15 is 0 Å². The Morgan fingerprint density at radius 2 is 1.81 bits per heavy atom. The Kier molecular flexibility index (Phi) is 5.02. The fourth-order valence-corrected chi connectivity index (χ4v) is 7.05. The normalized spacial score (nSPS) is 32.4. The fourth-order valence-electron chi connectivity index (χ4n) is 3.62. The quantitative estimate of drug-likeness (QED) is 0.798. The van der Waals surface area contributed by atoms with Gasteiger partial charge in [0, 0.05) is 12.3 Å². The van der Waals surface area contributed by atoms with Crippen LogP contribution in [0.5, 0.6) is 0 Å². The van der Waals surface area contributed by atoms with Crippen molar-refractivity contribution in [2.45, 2.75) is 56.9 Å². The number of hydrogen-bond acceptors (Lipinski definition) is 5. The lowest BCUT2D eigenvalue weighted by molar-refractivity contribution is 0.188. The van der Waals surface area contributed by atoms with Gasteiger partial charge in [0.25, 0.3) is 0 Å². The lowest BCUT2D eigenvalue weighted by Gasteiger charge is -2.45. The predicted molar refractivity (Wildman–Crippen MR) is 83.2 cm³/mol. The lowest BCUT2D eigenvalue weighted by atomic mass is 9.96. The van der Waals surface area contributed by atoms with Crippen molar-refractivity contribution in [3.8, 4) is 0 Å². The van der Waals surface area contributed by atoms with E-state index < -0.39 is 30.8 Å². The van der Waals surface area contributed by atoms with Crippen LogP contribution < -0.4 is 5.32 Å². The Morgan fingerprint density at radius 1 is 1.10 bits per heavy atom. The molecule has 0 radical (unpaired) electrons. The van der Waals surface area contributed by atoms with E-state index in [-0.39, 0.29) is 11.5 Å². The number of sulfonamides is 1. The van der Waals surface area contributed by atoms with Gasteiger partial charge in [-0.1, -0.05) is 13.3 Å². The summed E-state index contributed by atoms with van der Waals surface area (Å²) >= 11 is 0. The van der Waals surface area contributed by atoms with E-state index in [1.165, 1.54) is 4.31 Å². The van der Waals surface area contributed by atoms with Crippen LogP contribution in [0.3, 0.4) is 0 Å². The van der Waals surface area contributed by atoms with Crippen LogP contribution in [0.4, 0.5) is 0 Å². The van der Waals surface area contributed by atoms with Gasteiger partial charge >= 0.3 is 0 Å². The molecule has 8 heteroatoms. The third-order valence-electron chi connectivity index (χ3n) is 4.80. The molecule has 0 spiro atoms. The highest BCUT2D eigenvalue weighted by Gasteiger charge is 2.55. The van der Waals surface area contributed by atoms with Crippen LogP contribution >= 0.6 is 0 Å². The second kappa shape index (κ2) is 6.14. The first kappa shape index (κ1) is 17.2. The largest absolute Gasteiger partial charge is 0.297 e. The van der Waals surface area contributed by atoms with Gasteiger partial charge in [-0.05, 0) is 39.2 Å². The summed E-state index contributed by atoms with van der Waals surface area (Å²) in [4.78, 5) is -1.09. The van der Waals surface area contributed by atoms with Crippen LogP contribution in [0, 0.1) is 0 Å². The Hall–Kier alpha value is -0.180. The maximum absolute atomic E-state index is 12.7. The van der Waals surface area contributed by atoms with Crippen molar-refractivity contribution in [3.63, 3.8) is 0 Å². The molecule has 2 atom stereocenters. The summed E-state index contributed by atoms with van der Waals surface area (Å²) in [6, 6.07) is -0.469. The first-order chi connectivity index (χ1) is 9.81. The van der Waals surface area contributed by atoms with Gasteiger partial charge in [-0.25, -0.2) is 16.8 Å². The van der Waals surface area contributed by atoms with E-state index in [2.05, 4.69) is 5.32 Å². The van der Waals surface area contributed by atoms with Crippen LogP contribution in [0.25, 0.3) is 0 Å². The van der Waals surface area contributed by atoms with Gasteiger partial charge in [-0.15, -0.1) is 0 Å². The summed E-state index contributed by atoms with van der Waals surface area (Å²) in [6.45, 7) is 4.32. The molecule has 1 N–H and O–H groups in total. The van der Waals surface area contributed by atoms with E-state index in [1.807, 2.05) is 0 Å². The van der Waals surface area contributed by atoms with E-state index in [0.717, 1.165) is 19.3 Å². The maximum atomic E-state index is 12.7. The molecule has 0 aromatic heterocycles. The molecule has 6 nitrogen and oxygen atoms in total. The van der Waals surface area contributed by atoms with Crippen LogP contribution in [0.1, 0.15) is 46.0 Å². The summed E-state index contributed by atoms with van der Waals surface area (Å²) in [7, 11) is -6.76. The van der Waals surface area contributed by atoms with Crippen LogP contribution in [-0.2, 0) is 19.9 Å². The van der Waals surface area contributed by atoms with E-state index in [0.29, 0.717) is 25.9 Å². The minimum absolute atomic E-state index is 0.0196. The van der Waals surface area contributed by atoms with Crippen LogP contribution in [0.2, 0.25) is 0 Å². The number of nitrogens with one attached hydrogen (secondary N) is 1. The Balaban J connectivity index is 2.48. The van der Waals surface area contributed by atoms with Gasteiger partial charge in [0.05, 0.1) is 11.8 Å². The van der Waals surface area contributed by atoms with Gasteiger partial charge in [-0.2, -0.15) is 4.31 Å². The van der Waals surface area contributed by atoms with Crippen molar-refractivity contribution in [2.75, 3.05) is 24.6 Å². The van der Waals surface area contributed by atoms with Gasteiger partial charge in [0.15, 0.2) is 9.84 Å². The first-order valence-electron chi connectivity index (χ1n) is 7.77. The molecule has 2 unspecified atom stereocenters. The molecule has 2 aliphatic heterocycles. The molecule has 124 valence electrons. The maximum Gasteiger partial charge on any atom is 0.214 e. The minimum Gasteiger partial charge on any atom is -0.297 e. The van der Waals surface area contributed by atoms with E-state index in [4.69, 9.17) is 0 Å². The molecule has 2 saturated heterocycles. The Labute approximate surface area is 128 Å². The molecule has 0 amide bonds. The zero-order valence-electron chi connectivity index (χ0n) is 12.8. The number of piperidine rings is 1. The number of nitrogens with zero attached hydrogens (tertiary/aromatic N) is 1. The summed E-state index contributed by atoms with van der Waals surface area (Å²) in [5.41, 5.74) is 0. The van der Waals surface area contributed by atoms with Crippen molar-refractivity contribution < 1.29 is 16.8 Å². The molecule has 0 aromatic carbocycles. The first-order valence-corrected chi connectivity index (χ1v) is 11.0.